The number of urea groups is 1. The minimum atomic E-state index is -0.953. The summed E-state index contributed by atoms with van der Waals surface area (Å²) in [5, 5.41) is 19.5. The number of hydrogen-bond donors (Lipinski definition) is 4. The van der Waals surface area contributed by atoms with Crippen molar-refractivity contribution < 1.29 is 29.0 Å². The molecule has 9 heteroatoms. The van der Waals surface area contributed by atoms with Gasteiger partial charge in [-0.05, 0) is 58.3 Å². The number of amides is 3. The second-order valence-corrected chi connectivity index (χ2v) is 13.7. The Labute approximate surface area is 241 Å². The lowest BCUT2D eigenvalue weighted by Gasteiger charge is -2.45. The molecule has 1 saturated heterocycles. The van der Waals surface area contributed by atoms with Crippen LogP contribution in [0.15, 0.2) is 0 Å². The van der Waals surface area contributed by atoms with Crippen molar-refractivity contribution in [3.05, 3.63) is 0 Å². The third kappa shape index (κ3) is 9.07. The van der Waals surface area contributed by atoms with Crippen LogP contribution in [-0.2, 0) is 19.1 Å². The summed E-state index contributed by atoms with van der Waals surface area (Å²) in [4.78, 5) is 38.7. The molecule has 3 aliphatic rings. The number of carboxylic acids is 1. The molecule has 40 heavy (non-hydrogen) atoms. The van der Waals surface area contributed by atoms with Crippen LogP contribution in [0.25, 0.3) is 0 Å². The average Bonchev–Trinajstić information content (AvgIpc) is 2.86. The van der Waals surface area contributed by atoms with Crippen molar-refractivity contribution in [1.29, 1.82) is 0 Å². The Bertz CT molecular complexity index is 856. The highest BCUT2D eigenvalue weighted by Gasteiger charge is 2.46. The minimum Gasteiger partial charge on any atom is -0.481 e. The monoisotopic (exact) mass is 565 g/mol. The number of hydrogen-bond acceptors (Lipinski definition) is 5. The van der Waals surface area contributed by atoms with E-state index >= 15 is 0 Å². The number of unbranched alkanes of at least 4 members (excludes halogenated alkanes) is 5. The zero-order chi connectivity index (χ0) is 29.4. The lowest BCUT2D eigenvalue weighted by molar-refractivity contribution is -0.304. The molecule has 0 radical (unpaired) electrons. The quantitative estimate of drug-likeness (QED) is 0.206. The summed E-state index contributed by atoms with van der Waals surface area (Å²) in [7, 11) is 0. The van der Waals surface area contributed by atoms with Gasteiger partial charge in [-0.15, -0.1) is 0 Å². The second kappa shape index (κ2) is 14.3. The molecular weight excluding hydrogens is 510 g/mol. The number of carbonyl (C=O) groups excluding carboxylic acids is 2. The molecular formula is C31H55N3O6. The van der Waals surface area contributed by atoms with Crippen molar-refractivity contribution >= 4 is 17.9 Å². The Morgan fingerprint density at radius 1 is 0.950 bits per heavy atom. The molecule has 1 aliphatic heterocycles. The highest BCUT2D eigenvalue weighted by molar-refractivity contribution is 5.82. The highest BCUT2D eigenvalue weighted by atomic mass is 16.7. The van der Waals surface area contributed by atoms with Gasteiger partial charge >= 0.3 is 12.0 Å². The molecule has 1 heterocycles. The van der Waals surface area contributed by atoms with E-state index in [0.717, 1.165) is 51.4 Å². The van der Waals surface area contributed by atoms with E-state index in [1.165, 1.54) is 32.1 Å². The largest absolute Gasteiger partial charge is 0.481 e. The highest BCUT2D eigenvalue weighted by Crippen LogP contribution is 2.38. The predicted molar refractivity (Wildman–Crippen MR) is 155 cm³/mol. The van der Waals surface area contributed by atoms with Crippen LogP contribution in [-0.4, -0.2) is 59.6 Å². The van der Waals surface area contributed by atoms with Crippen molar-refractivity contribution in [2.24, 2.45) is 17.3 Å². The van der Waals surface area contributed by atoms with Gasteiger partial charge in [0.1, 0.15) is 6.10 Å². The number of aliphatic carboxylic acids is 1. The van der Waals surface area contributed by atoms with Crippen LogP contribution in [0.1, 0.15) is 125 Å². The van der Waals surface area contributed by atoms with E-state index in [2.05, 4.69) is 22.9 Å². The lowest BCUT2D eigenvalue weighted by atomic mass is 9.73. The first-order valence-corrected chi connectivity index (χ1v) is 15.8. The Morgan fingerprint density at radius 2 is 1.62 bits per heavy atom. The summed E-state index contributed by atoms with van der Waals surface area (Å²) in [6, 6.07) is -0.428. The first-order valence-electron chi connectivity index (χ1n) is 15.8. The minimum absolute atomic E-state index is 0.00216. The van der Waals surface area contributed by atoms with Crippen LogP contribution in [0, 0.1) is 17.3 Å². The van der Waals surface area contributed by atoms with E-state index in [-0.39, 0.29) is 36.0 Å². The number of carbonyl (C=O) groups is 3. The molecule has 3 amide bonds. The Morgan fingerprint density at radius 3 is 2.27 bits per heavy atom. The van der Waals surface area contributed by atoms with Crippen LogP contribution in [0.4, 0.5) is 4.79 Å². The van der Waals surface area contributed by atoms with Crippen LogP contribution in [0.5, 0.6) is 0 Å². The third-order valence-corrected chi connectivity index (χ3v) is 9.31. The van der Waals surface area contributed by atoms with Crippen molar-refractivity contribution in [3.63, 3.8) is 0 Å². The van der Waals surface area contributed by atoms with Crippen LogP contribution >= 0.6 is 0 Å². The summed E-state index contributed by atoms with van der Waals surface area (Å²) < 4.78 is 11.6. The molecule has 0 bridgehead atoms. The van der Waals surface area contributed by atoms with Crippen molar-refractivity contribution in [1.82, 2.24) is 16.0 Å². The summed E-state index contributed by atoms with van der Waals surface area (Å²) >= 11 is 0. The zero-order valence-corrected chi connectivity index (χ0v) is 25.6. The van der Waals surface area contributed by atoms with Gasteiger partial charge in [-0.2, -0.15) is 0 Å². The average molecular weight is 566 g/mol. The van der Waals surface area contributed by atoms with Gasteiger partial charge in [0.25, 0.3) is 0 Å². The lowest BCUT2D eigenvalue weighted by Crippen LogP contribution is -2.59. The predicted octanol–water partition coefficient (Wildman–Crippen LogP) is 5.51. The summed E-state index contributed by atoms with van der Waals surface area (Å²) in [5.41, 5.74) is -0.665. The molecule has 4 atom stereocenters. The van der Waals surface area contributed by atoms with Crippen molar-refractivity contribution in [3.8, 4) is 0 Å². The van der Waals surface area contributed by atoms with E-state index < -0.39 is 29.2 Å². The number of carboxylic acid groups (broad SMARTS) is 1. The van der Waals surface area contributed by atoms with Gasteiger partial charge in [0.2, 0.25) is 5.91 Å². The molecule has 3 fully saturated rings. The van der Waals surface area contributed by atoms with Crippen LogP contribution in [0.3, 0.4) is 0 Å². The van der Waals surface area contributed by atoms with E-state index in [0.29, 0.717) is 13.0 Å². The van der Waals surface area contributed by atoms with Crippen LogP contribution in [0.2, 0.25) is 0 Å². The Kier molecular flexibility index (Phi) is 11.7. The van der Waals surface area contributed by atoms with E-state index in [4.69, 9.17) is 9.47 Å². The molecule has 0 spiro atoms. The van der Waals surface area contributed by atoms with Gasteiger partial charge in [0.05, 0.1) is 12.5 Å². The summed E-state index contributed by atoms with van der Waals surface area (Å²) in [6.07, 6.45) is 14.1. The van der Waals surface area contributed by atoms with Crippen LogP contribution < -0.4 is 16.0 Å². The van der Waals surface area contributed by atoms with Crippen molar-refractivity contribution in [2.45, 2.75) is 148 Å². The van der Waals surface area contributed by atoms with Crippen molar-refractivity contribution in [2.75, 3.05) is 13.2 Å². The molecule has 4 unspecified atom stereocenters. The zero-order valence-electron chi connectivity index (χ0n) is 25.6. The topological polar surface area (TPSA) is 126 Å². The molecule has 0 aromatic heterocycles. The first kappa shape index (κ1) is 32.6. The summed E-state index contributed by atoms with van der Waals surface area (Å²) in [6.45, 7) is 9.94. The molecule has 0 aromatic rings. The second-order valence-electron chi connectivity index (χ2n) is 13.7. The fourth-order valence-electron chi connectivity index (χ4n) is 6.60. The van der Waals surface area contributed by atoms with E-state index in [1.807, 2.05) is 13.8 Å². The maximum Gasteiger partial charge on any atom is 0.315 e. The SMILES string of the molecule is CCCCCCCCC1(NC(=O)NC2CCCCC2C(CNC(=O)C2OC(C)(C)OCC2(C)C)C(=O)O)CCC1. The molecule has 230 valence electrons. The van der Waals surface area contributed by atoms with Gasteiger partial charge < -0.3 is 30.5 Å². The number of ether oxygens (including phenoxy) is 2. The molecule has 2 saturated carbocycles. The normalized spacial score (nSPS) is 27.6. The molecule has 0 aromatic carbocycles. The third-order valence-electron chi connectivity index (χ3n) is 9.31. The van der Waals surface area contributed by atoms with E-state index in [9.17, 15) is 19.5 Å². The summed E-state index contributed by atoms with van der Waals surface area (Å²) in [5.74, 6) is -3.22. The smallest absolute Gasteiger partial charge is 0.315 e. The van der Waals surface area contributed by atoms with Gasteiger partial charge in [-0.1, -0.05) is 72.1 Å². The number of nitrogens with one attached hydrogen (secondary N) is 3. The molecule has 2 aliphatic carbocycles. The first-order chi connectivity index (χ1) is 18.9. The van der Waals surface area contributed by atoms with E-state index in [1.54, 1.807) is 13.8 Å². The molecule has 9 nitrogen and oxygen atoms in total. The fraction of sp³-hybridized carbons (Fsp3) is 0.903. The Hall–Kier alpha value is -1.87. The maximum absolute atomic E-state index is 13.2. The Balaban J connectivity index is 1.56. The van der Waals surface area contributed by atoms with Gasteiger partial charge in [-0.25, -0.2) is 4.79 Å². The van der Waals surface area contributed by atoms with Gasteiger partial charge in [0.15, 0.2) is 5.79 Å². The molecule has 4 N–H and O–H groups in total. The molecule has 3 rings (SSSR count). The fourth-order valence-corrected chi connectivity index (χ4v) is 6.60. The maximum atomic E-state index is 13.2. The van der Waals surface area contributed by atoms with Gasteiger partial charge in [0, 0.05) is 23.5 Å². The standard InChI is InChI=1S/C31H55N3O6/c1-6-7-8-9-10-13-17-31(18-14-19-31)34-28(38)33-24-16-12-11-15-22(24)23(27(36)37)20-32-26(35)25-29(2,3)21-39-30(4,5)40-25/h22-25H,6-21H2,1-5H3,(H,32,35)(H,36,37)(H2,33,34,38). The number of rotatable bonds is 14. The van der Waals surface area contributed by atoms with Gasteiger partial charge in [-0.3, -0.25) is 9.59 Å².